The summed E-state index contributed by atoms with van der Waals surface area (Å²) in [4.78, 5) is 49.4. The minimum Gasteiger partial charge on any atom is -0.457 e. The van der Waals surface area contributed by atoms with Crippen molar-refractivity contribution in [3.63, 3.8) is 0 Å². The highest BCUT2D eigenvalue weighted by atomic mass is 32.1. The molecule has 11 nitrogen and oxygen atoms in total. The van der Waals surface area contributed by atoms with Gasteiger partial charge in [-0.05, 0) is 61.7 Å². The predicted octanol–water partition coefficient (Wildman–Crippen LogP) is 6.92. The summed E-state index contributed by atoms with van der Waals surface area (Å²) in [5.74, 6) is 0.632. The molecule has 2 N–H and O–H groups in total. The van der Waals surface area contributed by atoms with Gasteiger partial charge >= 0.3 is 6.03 Å². The fourth-order valence-electron chi connectivity index (χ4n) is 6.20. The number of urea groups is 1. The Morgan fingerprint density at radius 3 is 2.69 bits per heavy atom. The molecule has 1 saturated heterocycles. The van der Waals surface area contributed by atoms with Gasteiger partial charge in [-0.3, -0.25) is 14.5 Å². The second kappa shape index (κ2) is 13.5. The number of methoxy groups -OCH3 is 1. The molecule has 6 rings (SSSR count). The minimum atomic E-state index is -0.493. The van der Waals surface area contributed by atoms with E-state index in [2.05, 4.69) is 15.6 Å². The molecule has 12 heteroatoms. The topological polar surface area (TPSA) is 137 Å². The van der Waals surface area contributed by atoms with Gasteiger partial charge in [0.25, 0.3) is 11.8 Å². The van der Waals surface area contributed by atoms with Gasteiger partial charge in [-0.25, -0.2) is 9.78 Å². The fourth-order valence-corrected chi connectivity index (χ4v) is 7.22. The summed E-state index contributed by atoms with van der Waals surface area (Å²) in [6, 6.07) is 18.1. The number of rotatable bonds is 9. The number of aromatic nitrogens is 1. The van der Waals surface area contributed by atoms with Gasteiger partial charge in [-0.15, -0.1) is 11.3 Å². The lowest BCUT2D eigenvalue weighted by atomic mass is 9.91. The molecular weight excluding hydrogens is 628 g/mol. The Hall–Kier alpha value is -5.25. The van der Waals surface area contributed by atoms with Gasteiger partial charge in [0.2, 0.25) is 0 Å². The van der Waals surface area contributed by atoms with Crippen LogP contribution in [0.3, 0.4) is 0 Å². The minimum absolute atomic E-state index is 0.0532. The number of hydrogen-bond donors (Lipinski definition) is 2. The second-order valence-electron chi connectivity index (χ2n) is 12.6. The van der Waals surface area contributed by atoms with Gasteiger partial charge in [0.15, 0.2) is 0 Å². The first kappa shape index (κ1) is 32.7. The predicted molar refractivity (Wildman–Crippen MR) is 185 cm³/mol. The van der Waals surface area contributed by atoms with E-state index >= 15 is 0 Å². The van der Waals surface area contributed by atoms with E-state index in [1.165, 1.54) is 11.3 Å². The van der Waals surface area contributed by atoms with Gasteiger partial charge < -0.3 is 25.0 Å². The summed E-state index contributed by atoms with van der Waals surface area (Å²) in [6.45, 7) is 6.82. The van der Waals surface area contributed by atoms with Crippen molar-refractivity contribution in [1.29, 1.82) is 5.26 Å². The van der Waals surface area contributed by atoms with E-state index in [-0.39, 0.29) is 30.0 Å². The molecule has 4 amide bonds. The third-order valence-electron chi connectivity index (χ3n) is 8.29. The van der Waals surface area contributed by atoms with Crippen molar-refractivity contribution < 1.29 is 23.9 Å². The van der Waals surface area contributed by atoms with Crippen LogP contribution in [-0.2, 0) is 9.53 Å². The molecule has 1 atom stereocenters. The molecule has 2 aliphatic rings. The third kappa shape index (κ3) is 6.60. The van der Waals surface area contributed by atoms with Crippen LogP contribution >= 0.6 is 11.3 Å². The summed E-state index contributed by atoms with van der Waals surface area (Å²) < 4.78 is 11.2. The molecule has 0 saturated carbocycles. The SMILES string of the molecule is COCC(C)(C)/C=C(/C#N)C(=O)N1CCC[C@@H](NC(=O)c2sc3nccc4c3c2NC(=O)N4c2ccc(Oc3ccccc3)cc2C)C1. The van der Waals surface area contributed by atoms with E-state index in [0.717, 1.165) is 5.56 Å². The van der Waals surface area contributed by atoms with Crippen molar-refractivity contribution in [3.8, 4) is 17.6 Å². The fraction of sp³-hybridized carbons (Fsp3) is 0.306. The van der Waals surface area contributed by atoms with Crippen LogP contribution in [0.2, 0.25) is 0 Å². The number of hydrogen-bond acceptors (Lipinski definition) is 8. The molecule has 2 aliphatic heterocycles. The van der Waals surface area contributed by atoms with Gasteiger partial charge in [-0.2, -0.15) is 5.26 Å². The first-order valence-corrected chi connectivity index (χ1v) is 16.5. The Morgan fingerprint density at radius 2 is 1.96 bits per heavy atom. The number of nitrogens with one attached hydrogen (secondary N) is 2. The lowest BCUT2D eigenvalue weighted by molar-refractivity contribution is -0.128. The van der Waals surface area contributed by atoms with E-state index in [9.17, 15) is 19.6 Å². The molecule has 4 aromatic rings. The quantitative estimate of drug-likeness (QED) is 0.146. The van der Waals surface area contributed by atoms with E-state index in [4.69, 9.17) is 9.47 Å². The molecule has 1 fully saturated rings. The molecule has 0 bridgehead atoms. The largest absolute Gasteiger partial charge is 0.457 e. The standard InChI is InChI=1S/C36H36N6O5S/c1-22-17-26(47-25-10-6-5-7-11-25)12-13-27(22)42-28-14-15-38-33-29(28)30(40-35(42)45)31(48-33)32(43)39-24-9-8-16-41(20-24)34(44)23(19-37)18-36(2,3)21-46-4/h5-7,10-15,17-18,24H,8-9,16,20-21H2,1-4H3,(H,39,43)(H,40,45)/b23-18-/t24-/m1/s1. The summed E-state index contributed by atoms with van der Waals surface area (Å²) in [7, 11) is 1.58. The smallest absolute Gasteiger partial charge is 0.331 e. The Labute approximate surface area is 282 Å². The van der Waals surface area contributed by atoms with Crippen molar-refractivity contribution in [1.82, 2.24) is 15.2 Å². The van der Waals surface area contributed by atoms with Crippen LogP contribution in [0.25, 0.3) is 10.2 Å². The van der Waals surface area contributed by atoms with Crippen LogP contribution in [0, 0.1) is 23.7 Å². The van der Waals surface area contributed by atoms with Crippen molar-refractivity contribution in [2.75, 3.05) is 37.0 Å². The first-order chi connectivity index (χ1) is 23.1. The number of amides is 4. The number of nitriles is 1. The normalized spacial score (nSPS) is 16.4. The number of anilines is 3. The van der Waals surface area contributed by atoms with Crippen LogP contribution in [0.1, 0.15) is 41.9 Å². The monoisotopic (exact) mass is 664 g/mol. The molecule has 48 heavy (non-hydrogen) atoms. The van der Waals surface area contributed by atoms with E-state index in [1.807, 2.05) is 75.4 Å². The number of carbonyl (C=O) groups excluding carboxylic acids is 3. The van der Waals surface area contributed by atoms with Gasteiger partial charge in [0.1, 0.15) is 32.8 Å². The number of carbonyl (C=O) groups is 3. The van der Waals surface area contributed by atoms with Crippen molar-refractivity contribution in [2.45, 2.75) is 39.7 Å². The highest BCUT2D eigenvalue weighted by Gasteiger charge is 2.35. The average Bonchev–Trinajstić information content (AvgIpc) is 3.44. The van der Waals surface area contributed by atoms with Crippen molar-refractivity contribution >= 4 is 56.5 Å². The summed E-state index contributed by atoms with van der Waals surface area (Å²) >= 11 is 1.20. The van der Waals surface area contributed by atoms with Crippen molar-refractivity contribution in [3.05, 3.63) is 82.9 Å². The van der Waals surface area contributed by atoms with Crippen LogP contribution in [0.15, 0.2) is 72.4 Å². The maximum atomic E-state index is 13.7. The number of ether oxygens (including phenoxy) is 2. The summed E-state index contributed by atoms with van der Waals surface area (Å²) in [6.07, 6.45) is 4.62. The molecule has 0 aliphatic carbocycles. The maximum Gasteiger partial charge on any atom is 0.331 e. The van der Waals surface area contributed by atoms with Crippen LogP contribution in [0.4, 0.5) is 21.9 Å². The Kier molecular flexibility index (Phi) is 9.17. The van der Waals surface area contributed by atoms with Crippen molar-refractivity contribution in [2.24, 2.45) is 5.41 Å². The number of para-hydroxylation sites is 1. The maximum absolute atomic E-state index is 13.7. The Balaban J connectivity index is 1.22. The zero-order chi connectivity index (χ0) is 34.0. The number of likely N-dealkylation sites (tertiary alicyclic amines) is 1. The molecular formula is C36H36N6O5S. The van der Waals surface area contributed by atoms with Crippen LogP contribution in [-0.4, -0.2) is 60.6 Å². The van der Waals surface area contributed by atoms with Gasteiger partial charge in [0.05, 0.1) is 29.1 Å². The zero-order valence-corrected chi connectivity index (χ0v) is 28.0. The van der Waals surface area contributed by atoms with E-state index in [1.54, 1.807) is 35.2 Å². The highest BCUT2D eigenvalue weighted by Crippen LogP contribution is 2.46. The lowest BCUT2D eigenvalue weighted by Gasteiger charge is -2.33. The molecule has 246 valence electrons. The number of benzene rings is 2. The number of pyridine rings is 1. The van der Waals surface area contributed by atoms with Crippen LogP contribution < -0.4 is 20.3 Å². The van der Waals surface area contributed by atoms with E-state index < -0.39 is 11.4 Å². The third-order valence-corrected chi connectivity index (χ3v) is 9.38. The molecule has 0 spiro atoms. The molecule has 2 aromatic heterocycles. The molecule has 4 heterocycles. The number of nitrogens with zero attached hydrogens (tertiary/aromatic N) is 4. The molecule has 0 unspecified atom stereocenters. The summed E-state index contributed by atoms with van der Waals surface area (Å²) in [5.41, 5.74) is 2.10. The zero-order valence-electron chi connectivity index (χ0n) is 27.2. The average molecular weight is 665 g/mol. The Morgan fingerprint density at radius 1 is 1.17 bits per heavy atom. The van der Waals surface area contributed by atoms with Gasteiger partial charge in [0, 0.05) is 37.9 Å². The lowest BCUT2D eigenvalue weighted by Crippen LogP contribution is -2.50. The first-order valence-electron chi connectivity index (χ1n) is 15.7. The number of aryl methyl sites for hydroxylation is 1. The second-order valence-corrected chi connectivity index (χ2v) is 13.6. The van der Waals surface area contributed by atoms with Crippen LogP contribution in [0.5, 0.6) is 11.5 Å². The Bertz CT molecular complexity index is 1960. The summed E-state index contributed by atoms with van der Waals surface area (Å²) in [5, 5.41) is 16.4. The number of piperidine rings is 1. The molecule has 0 radical (unpaired) electrons. The molecule has 2 aromatic carbocycles. The van der Waals surface area contributed by atoms with Gasteiger partial charge in [-0.1, -0.05) is 38.1 Å². The number of thiophene rings is 1. The highest BCUT2D eigenvalue weighted by molar-refractivity contribution is 7.21. The van der Waals surface area contributed by atoms with E-state index in [0.29, 0.717) is 69.6 Å².